The van der Waals surface area contributed by atoms with E-state index < -0.39 is 15.1 Å². The quantitative estimate of drug-likeness (QED) is 0.496. The second kappa shape index (κ2) is 8.98. The van der Waals surface area contributed by atoms with Crippen LogP contribution in [0.5, 0.6) is 17.2 Å². The van der Waals surface area contributed by atoms with E-state index in [-0.39, 0.29) is 4.90 Å². The molecule has 0 saturated heterocycles. The predicted molar refractivity (Wildman–Crippen MR) is 118 cm³/mol. The van der Waals surface area contributed by atoms with E-state index in [0.717, 1.165) is 5.56 Å². The highest BCUT2D eigenvalue weighted by molar-refractivity contribution is 7.92. The molecule has 0 aliphatic heterocycles. The Morgan fingerprint density at radius 2 is 1.30 bits per heavy atom. The summed E-state index contributed by atoms with van der Waals surface area (Å²) in [4.78, 5) is 0.213. The first kappa shape index (κ1) is 22.0. The smallest absolute Gasteiger partial charge is 0.189 e. The van der Waals surface area contributed by atoms with Gasteiger partial charge >= 0.3 is 0 Å². The van der Waals surface area contributed by atoms with Crippen LogP contribution in [0, 0.1) is 6.92 Å². The van der Waals surface area contributed by atoms with Crippen LogP contribution in [0.25, 0.3) is 0 Å². The Bertz CT molecular complexity index is 1120. The summed E-state index contributed by atoms with van der Waals surface area (Å²) in [6.07, 6.45) is 0. The van der Waals surface area contributed by atoms with Crippen LogP contribution in [-0.4, -0.2) is 29.7 Å². The molecule has 0 fully saturated rings. The van der Waals surface area contributed by atoms with Crippen molar-refractivity contribution in [2.45, 2.75) is 17.1 Å². The van der Waals surface area contributed by atoms with Crippen LogP contribution in [0.2, 0.25) is 5.02 Å². The van der Waals surface area contributed by atoms with Gasteiger partial charge in [0.15, 0.2) is 21.3 Å². The molecule has 0 heterocycles. The third-order valence-electron chi connectivity index (χ3n) is 4.85. The molecule has 0 saturated carbocycles. The number of hydrogen-bond acceptors (Lipinski definition) is 5. The maximum absolute atomic E-state index is 13.8. The largest absolute Gasteiger partial charge is 0.496 e. The lowest BCUT2D eigenvalue weighted by atomic mass is 10.0. The second-order valence-electron chi connectivity index (χ2n) is 6.74. The Labute approximate surface area is 182 Å². The lowest BCUT2D eigenvalue weighted by Crippen LogP contribution is -2.16. The molecule has 1 unspecified atom stereocenters. The fourth-order valence-corrected chi connectivity index (χ4v) is 5.23. The number of rotatable bonds is 7. The van der Waals surface area contributed by atoms with E-state index in [2.05, 4.69) is 0 Å². The first-order valence-corrected chi connectivity index (χ1v) is 11.1. The highest BCUT2D eigenvalue weighted by Gasteiger charge is 2.34. The SMILES string of the molecule is COc1cc(OC)c(C(c2ccc(Cl)cc2)S(=O)(=O)c2ccc(C)cc2)cc1OC. The van der Waals surface area contributed by atoms with Crippen molar-refractivity contribution in [1.29, 1.82) is 0 Å². The summed E-state index contributed by atoms with van der Waals surface area (Å²) in [5.74, 6) is 1.23. The zero-order chi connectivity index (χ0) is 21.9. The number of hydrogen-bond donors (Lipinski definition) is 0. The van der Waals surface area contributed by atoms with Crippen molar-refractivity contribution in [3.05, 3.63) is 82.4 Å². The summed E-state index contributed by atoms with van der Waals surface area (Å²) in [7, 11) is 0.665. The minimum atomic E-state index is -3.83. The molecule has 158 valence electrons. The molecule has 0 aliphatic rings. The summed E-state index contributed by atoms with van der Waals surface area (Å²) >= 11 is 6.05. The molecule has 0 aliphatic carbocycles. The van der Waals surface area contributed by atoms with Gasteiger partial charge in [-0.2, -0.15) is 0 Å². The van der Waals surface area contributed by atoms with Crippen LogP contribution >= 0.6 is 11.6 Å². The Morgan fingerprint density at radius 1 is 0.767 bits per heavy atom. The van der Waals surface area contributed by atoms with E-state index in [1.165, 1.54) is 21.3 Å². The molecule has 0 bridgehead atoms. The third-order valence-corrected chi connectivity index (χ3v) is 7.18. The maximum atomic E-state index is 13.8. The zero-order valence-corrected chi connectivity index (χ0v) is 18.8. The molecule has 5 nitrogen and oxygen atoms in total. The fourth-order valence-electron chi connectivity index (χ4n) is 3.29. The van der Waals surface area contributed by atoms with Crippen LogP contribution in [0.3, 0.4) is 0 Å². The van der Waals surface area contributed by atoms with Gasteiger partial charge in [-0.3, -0.25) is 0 Å². The summed E-state index contributed by atoms with van der Waals surface area (Å²) < 4.78 is 43.9. The molecule has 0 N–H and O–H groups in total. The number of ether oxygens (including phenoxy) is 3. The van der Waals surface area contributed by atoms with Gasteiger partial charge in [0, 0.05) is 16.7 Å². The maximum Gasteiger partial charge on any atom is 0.189 e. The van der Waals surface area contributed by atoms with E-state index in [4.69, 9.17) is 25.8 Å². The molecule has 1 atom stereocenters. The molecule has 3 rings (SSSR count). The van der Waals surface area contributed by atoms with Crippen molar-refractivity contribution in [1.82, 2.24) is 0 Å². The molecular weight excluding hydrogens is 424 g/mol. The molecule has 7 heteroatoms. The second-order valence-corrected chi connectivity index (χ2v) is 9.21. The van der Waals surface area contributed by atoms with Gasteiger partial charge in [0.05, 0.1) is 26.2 Å². The Hall–Kier alpha value is -2.70. The number of halogens is 1. The van der Waals surface area contributed by atoms with Crippen LogP contribution in [0.15, 0.2) is 65.6 Å². The van der Waals surface area contributed by atoms with E-state index in [1.807, 2.05) is 6.92 Å². The molecule has 0 aromatic heterocycles. The molecular formula is C23H23ClO5S. The first-order chi connectivity index (χ1) is 14.3. The van der Waals surface area contributed by atoms with Crippen molar-refractivity contribution >= 4 is 21.4 Å². The molecule has 3 aromatic carbocycles. The third kappa shape index (κ3) is 4.25. The van der Waals surface area contributed by atoms with Crippen molar-refractivity contribution in [2.24, 2.45) is 0 Å². The van der Waals surface area contributed by atoms with Crippen molar-refractivity contribution < 1.29 is 22.6 Å². The lowest BCUT2D eigenvalue weighted by Gasteiger charge is -2.23. The monoisotopic (exact) mass is 446 g/mol. The minimum absolute atomic E-state index is 0.213. The average molecular weight is 447 g/mol. The molecule has 0 radical (unpaired) electrons. The zero-order valence-electron chi connectivity index (χ0n) is 17.2. The standard InChI is InChI=1S/C23H23ClO5S/c1-15-5-11-18(12-6-15)30(25,26)23(16-7-9-17(24)10-8-16)19-13-21(28-3)22(29-4)14-20(19)27-2/h5-14,23H,1-4H3. The van der Waals surface area contributed by atoms with Gasteiger partial charge in [-0.1, -0.05) is 41.4 Å². The average Bonchev–Trinajstić information content (AvgIpc) is 2.75. The van der Waals surface area contributed by atoms with Crippen molar-refractivity contribution in [2.75, 3.05) is 21.3 Å². The lowest BCUT2D eigenvalue weighted by molar-refractivity contribution is 0.347. The summed E-state index contributed by atoms with van der Waals surface area (Å²) in [6, 6.07) is 16.8. The van der Waals surface area contributed by atoms with Crippen LogP contribution in [0.4, 0.5) is 0 Å². The van der Waals surface area contributed by atoms with Gasteiger partial charge in [0.2, 0.25) is 0 Å². The Morgan fingerprint density at radius 3 is 1.83 bits per heavy atom. The predicted octanol–water partition coefficient (Wildman–Crippen LogP) is 5.24. The topological polar surface area (TPSA) is 61.8 Å². The summed E-state index contributed by atoms with van der Waals surface area (Å²) in [5.41, 5.74) is 1.98. The van der Waals surface area contributed by atoms with E-state index in [0.29, 0.717) is 33.4 Å². The van der Waals surface area contributed by atoms with E-state index in [1.54, 1.807) is 60.7 Å². The van der Waals surface area contributed by atoms with Gasteiger partial charge in [0.25, 0.3) is 0 Å². The summed E-state index contributed by atoms with van der Waals surface area (Å²) in [6.45, 7) is 1.91. The molecule has 3 aromatic rings. The number of sulfone groups is 1. The minimum Gasteiger partial charge on any atom is -0.496 e. The first-order valence-electron chi connectivity index (χ1n) is 9.17. The fraction of sp³-hybridized carbons (Fsp3) is 0.217. The molecule has 0 amide bonds. The van der Waals surface area contributed by atoms with Gasteiger partial charge in [-0.25, -0.2) is 8.42 Å². The number of methoxy groups -OCH3 is 3. The van der Waals surface area contributed by atoms with E-state index >= 15 is 0 Å². The highest BCUT2D eigenvalue weighted by Crippen LogP contribution is 2.44. The molecule has 0 spiro atoms. The molecule has 30 heavy (non-hydrogen) atoms. The summed E-state index contributed by atoms with van der Waals surface area (Å²) in [5, 5.41) is -0.517. The van der Waals surface area contributed by atoms with Crippen LogP contribution in [-0.2, 0) is 9.84 Å². The van der Waals surface area contributed by atoms with E-state index in [9.17, 15) is 8.42 Å². The van der Waals surface area contributed by atoms with Crippen LogP contribution < -0.4 is 14.2 Å². The number of benzene rings is 3. The van der Waals surface area contributed by atoms with Gasteiger partial charge in [0.1, 0.15) is 11.0 Å². The Kier molecular flexibility index (Phi) is 6.58. The van der Waals surface area contributed by atoms with Crippen molar-refractivity contribution in [3.63, 3.8) is 0 Å². The van der Waals surface area contributed by atoms with Gasteiger partial charge in [-0.15, -0.1) is 0 Å². The van der Waals surface area contributed by atoms with Crippen LogP contribution in [0.1, 0.15) is 21.9 Å². The van der Waals surface area contributed by atoms with Gasteiger partial charge in [-0.05, 0) is 42.8 Å². The highest BCUT2D eigenvalue weighted by atomic mass is 35.5. The number of aryl methyl sites for hydroxylation is 1. The van der Waals surface area contributed by atoms with Gasteiger partial charge < -0.3 is 14.2 Å². The Balaban J connectivity index is 2.30. The van der Waals surface area contributed by atoms with Crippen molar-refractivity contribution in [3.8, 4) is 17.2 Å². The normalized spacial score (nSPS) is 12.3.